The van der Waals surface area contributed by atoms with Crippen molar-refractivity contribution in [3.63, 3.8) is 0 Å². The molecule has 1 saturated heterocycles. The number of likely N-dealkylation sites (N-methyl/N-ethyl adjacent to an activating group) is 1. The first-order chi connectivity index (χ1) is 15.9. The summed E-state index contributed by atoms with van der Waals surface area (Å²) in [5.74, 6) is -0.0800. The quantitative estimate of drug-likeness (QED) is 0.521. The second-order valence-corrected chi connectivity index (χ2v) is 7.71. The predicted molar refractivity (Wildman–Crippen MR) is 126 cm³/mol. The Labute approximate surface area is 191 Å². The summed E-state index contributed by atoms with van der Waals surface area (Å²) in [5.41, 5.74) is 2.76. The standard InChI is InChI=1S/C22H24N4O4.C2H4O/c1-25-5-7-26(8-6-25)22(29)14-3-4-17(16(9-14)12-30-2)15-10-18-20(19(27)11-15)23-13-24-21(18)28;1-2-3/h3-4,9-11,13,27H,5-8,12H2,1-2H3,(H,23,24,28);2-3H,1H2. The summed E-state index contributed by atoms with van der Waals surface area (Å²) >= 11 is 0. The van der Waals surface area contributed by atoms with Crippen LogP contribution in [-0.2, 0) is 11.3 Å². The molecule has 0 unspecified atom stereocenters. The molecule has 4 rings (SSSR count). The molecule has 9 heteroatoms. The van der Waals surface area contributed by atoms with E-state index in [1.54, 1.807) is 25.3 Å². The fourth-order valence-corrected chi connectivity index (χ4v) is 3.79. The molecule has 0 saturated carbocycles. The number of aromatic amines is 1. The molecule has 2 heterocycles. The summed E-state index contributed by atoms with van der Waals surface area (Å²) in [6, 6.07) is 8.71. The van der Waals surface area contributed by atoms with Gasteiger partial charge in [0.1, 0.15) is 11.3 Å². The van der Waals surface area contributed by atoms with E-state index < -0.39 is 0 Å². The van der Waals surface area contributed by atoms with Crippen molar-refractivity contribution in [2.75, 3.05) is 40.3 Å². The van der Waals surface area contributed by atoms with E-state index in [1.165, 1.54) is 6.33 Å². The topological polar surface area (TPSA) is 119 Å². The molecule has 1 aliphatic rings. The summed E-state index contributed by atoms with van der Waals surface area (Å²) in [6.07, 6.45) is 2.01. The van der Waals surface area contributed by atoms with Crippen molar-refractivity contribution in [1.29, 1.82) is 0 Å². The number of hydrogen-bond donors (Lipinski definition) is 3. The van der Waals surface area contributed by atoms with Gasteiger partial charge in [-0.15, -0.1) is 0 Å². The van der Waals surface area contributed by atoms with Gasteiger partial charge in [-0.3, -0.25) is 9.59 Å². The molecule has 33 heavy (non-hydrogen) atoms. The van der Waals surface area contributed by atoms with E-state index in [9.17, 15) is 14.7 Å². The van der Waals surface area contributed by atoms with Crippen LogP contribution in [0, 0.1) is 0 Å². The first-order valence-corrected chi connectivity index (χ1v) is 10.4. The molecule has 0 aliphatic carbocycles. The molecule has 2 aromatic carbocycles. The molecule has 1 fully saturated rings. The van der Waals surface area contributed by atoms with Gasteiger partial charge in [-0.2, -0.15) is 0 Å². The summed E-state index contributed by atoms with van der Waals surface area (Å²) in [5, 5.41) is 18.0. The number of phenolic OH excluding ortho intramolecular Hbond substituents is 1. The first-order valence-electron chi connectivity index (χ1n) is 10.4. The molecule has 1 aromatic heterocycles. The lowest BCUT2D eigenvalue weighted by Gasteiger charge is -2.32. The number of benzene rings is 2. The summed E-state index contributed by atoms with van der Waals surface area (Å²) in [4.78, 5) is 35.8. The Bertz CT molecular complexity index is 1200. The molecule has 9 nitrogen and oxygen atoms in total. The van der Waals surface area contributed by atoms with Crippen LogP contribution in [0.2, 0.25) is 0 Å². The lowest BCUT2D eigenvalue weighted by Crippen LogP contribution is -2.47. The number of H-pyrrole nitrogens is 1. The van der Waals surface area contributed by atoms with Gasteiger partial charge >= 0.3 is 0 Å². The third-order valence-corrected chi connectivity index (χ3v) is 5.48. The Kier molecular flexibility index (Phi) is 7.81. The fraction of sp³-hybridized carbons (Fsp3) is 0.292. The largest absolute Gasteiger partial charge is 0.516 e. The summed E-state index contributed by atoms with van der Waals surface area (Å²) in [7, 11) is 3.64. The zero-order chi connectivity index (χ0) is 24.0. The van der Waals surface area contributed by atoms with Crippen molar-refractivity contribution >= 4 is 16.8 Å². The Hall–Kier alpha value is -3.69. The highest BCUT2D eigenvalue weighted by atomic mass is 16.5. The second-order valence-electron chi connectivity index (χ2n) is 7.71. The van der Waals surface area contributed by atoms with Crippen LogP contribution in [0.5, 0.6) is 5.75 Å². The number of methoxy groups -OCH3 is 1. The van der Waals surface area contributed by atoms with Gasteiger partial charge in [-0.25, -0.2) is 4.98 Å². The van der Waals surface area contributed by atoms with E-state index in [2.05, 4.69) is 21.4 Å². The Morgan fingerprint density at radius 3 is 2.61 bits per heavy atom. The smallest absolute Gasteiger partial charge is 0.258 e. The lowest BCUT2D eigenvalue weighted by molar-refractivity contribution is 0.0664. The number of ether oxygens (including phenoxy) is 1. The van der Waals surface area contributed by atoms with Crippen LogP contribution in [0.15, 0.2) is 54.3 Å². The molecule has 3 aromatic rings. The summed E-state index contributed by atoms with van der Waals surface area (Å²) < 4.78 is 5.35. The molecule has 0 atom stereocenters. The SMILES string of the molecule is C=CO.COCc1cc(C(=O)N2CCN(C)CC2)ccc1-c1cc(O)c2nc[nH]c(=O)c2c1. The normalized spacial score (nSPS) is 13.9. The second kappa shape index (κ2) is 10.8. The van der Waals surface area contributed by atoms with Crippen molar-refractivity contribution in [2.24, 2.45) is 0 Å². The van der Waals surface area contributed by atoms with Gasteiger partial charge in [-0.1, -0.05) is 12.6 Å². The minimum Gasteiger partial charge on any atom is -0.516 e. The molecule has 0 radical (unpaired) electrons. The number of fused-ring (bicyclic) bond motifs is 1. The highest BCUT2D eigenvalue weighted by Gasteiger charge is 2.21. The lowest BCUT2D eigenvalue weighted by atomic mass is 9.96. The van der Waals surface area contributed by atoms with Crippen LogP contribution in [0.1, 0.15) is 15.9 Å². The molecule has 3 N–H and O–H groups in total. The number of aromatic hydroxyl groups is 1. The Morgan fingerprint density at radius 1 is 1.24 bits per heavy atom. The number of aliphatic hydroxyl groups is 1. The number of carbonyl (C=O) groups excluding carboxylic acids is 1. The molecule has 0 bridgehead atoms. The average molecular weight is 453 g/mol. The number of hydrogen-bond acceptors (Lipinski definition) is 7. The third-order valence-electron chi connectivity index (χ3n) is 5.48. The average Bonchev–Trinajstić information content (AvgIpc) is 2.80. The van der Waals surface area contributed by atoms with E-state index in [0.29, 0.717) is 36.2 Å². The predicted octanol–water partition coefficient (Wildman–Crippen LogP) is 2.52. The number of amides is 1. The third kappa shape index (κ3) is 5.39. The summed E-state index contributed by atoms with van der Waals surface area (Å²) in [6.45, 7) is 6.32. The van der Waals surface area contributed by atoms with Crippen LogP contribution in [0.3, 0.4) is 0 Å². The van der Waals surface area contributed by atoms with E-state index in [0.717, 1.165) is 30.5 Å². The molecular weight excluding hydrogens is 424 g/mol. The number of nitrogens with zero attached hydrogens (tertiary/aromatic N) is 3. The minimum atomic E-state index is -0.327. The number of aromatic nitrogens is 2. The van der Waals surface area contributed by atoms with Crippen molar-refractivity contribution in [1.82, 2.24) is 19.8 Å². The van der Waals surface area contributed by atoms with E-state index in [4.69, 9.17) is 9.84 Å². The monoisotopic (exact) mass is 452 g/mol. The van der Waals surface area contributed by atoms with Crippen LogP contribution >= 0.6 is 0 Å². The zero-order valence-electron chi connectivity index (χ0n) is 18.7. The number of phenols is 1. The van der Waals surface area contributed by atoms with E-state index in [1.807, 2.05) is 24.1 Å². The van der Waals surface area contributed by atoms with Crippen LogP contribution in [0.25, 0.3) is 22.0 Å². The zero-order valence-corrected chi connectivity index (χ0v) is 18.7. The molecule has 174 valence electrons. The fourth-order valence-electron chi connectivity index (χ4n) is 3.79. The van der Waals surface area contributed by atoms with Crippen LogP contribution in [-0.4, -0.2) is 76.2 Å². The first kappa shape index (κ1) is 24.0. The number of carbonyl (C=O) groups is 1. The number of nitrogens with one attached hydrogen (secondary N) is 1. The van der Waals surface area contributed by atoms with Crippen LogP contribution < -0.4 is 5.56 Å². The number of piperazine rings is 1. The molecular formula is C24H28N4O5. The maximum absolute atomic E-state index is 13.0. The van der Waals surface area contributed by atoms with Gasteiger partial charge in [0.25, 0.3) is 11.5 Å². The Morgan fingerprint density at radius 2 is 1.94 bits per heavy atom. The van der Waals surface area contributed by atoms with Gasteiger partial charge in [0, 0.05) is 38.9 Å². The molecule has 0 spiro atoms. The maximum Gasteiger partial charge on any atom is 0.258 e. The molecule has 1 amide bonds. The van der Waals surface area contributed by atoms with Crippen molar-refractivity contribution in [2.45, 2.75) is 6.61 Å². The van der Waals surface area contributed by atoms with Gasteiger partial charge < -0.3 is 29.7 Å². The van der Waals surface area contributed by atoms with Gasteiger partial charge in [0.2, 0.25) is 0 Å². The number of rotatable bonds is 4. The van der Waals surface area contributed by atoms with Gasteiger partial charge in [0.15, 0.2) is 0 Å². The van der Waals surface area contributed by atoms with Gasteiger partial charge in [0.05, 0.1) is 24.6 Å². The van der Waals surface area contributed by atoms with E-state index in [-0.39, 0.29) is 22.7 Å². The van der Waals surface area contributed by atoms with Crippen molar-refractivity contribution in [3.8, 4) is 16.9 Å². The molecule has 1 aliphatic heterocycles. The Balaban J connectivity index is 0.000000968. The van der Waals surface area contributed by atoms with Crippen molar-refractivity contribution < 1.29 is 19.7 Å². The highest BCUT2D eigenvalue weighted by Crippen LogP contribution is 2.32. The van der Waals surface area contributed by atoms with Crippen molar-refractivity contribution in [3.05, 3.63) is 71.0 Å². The number of aliphatic hydroxyl groups excluding tert-OH is 1. The van der Waals surface area contributed by atoms with E-state index >= 15 is 0 Å². The highest BCUT2D eigenvalue weighted by molar-refractivity contribution is 5.96. The van der Waals surface area contributed by atoms with Gasteiger partial charge in [-0.05, 0) is 48.0 Å². The minimum absolute atomic E-state index is 0.00555. The van der Waals surface area contributed by atoms with Crippen LogP contribution in [0.4, 0.5) is 0 Å². The maximum atomic E-state index is 13.0.